The van der Waals surface area contributed by atoms with E-state index in [2.05, 4.69) is 0 Å². The van der Waals surface area contributed by atoms with E-state index in [4.69, 9.17) is 0 Å². The lowest BCUT2D eigenvalue weighted by Crippen LogP contribution is -2.22. The molecule has 9 nitrogen and oxygen atoms in total. The maximum Gasteiger partial charge on any atom is 0.195 e. The molecule has 0 aliphatic heterocycles. The van der Waals surface area contributed by atoms with Gasteiger partial charge in [0, 0.05) is 22.3 Å². The van der Waals surface area contributed by atoms with Crippen molar-refractivity contribution in [2.75, 3.05) is 0 Å². The van der Waals surface area contributed by atoms with Gasteiger partial charge in [-0.25, -0.2) is 0 Å². The fraction of sp³-hybridized carbons (Fsp3) is 0.231. The van der Waals surface area contributed by atoms with Crippen LogP contribution in [0.25, 0.3) is 0 Å². The Hall–Kier alpha value is -3.14. The van der Waals surface area contributed by atoms with Gasteiger partial charge in [0.2, 0.25) is 0 Å². The van der Waals surface area contributed by atoms with E-state index in [1.165, 1.54) is 42.5 Å². The second-order valence-electron chi connectivity index (χ2n) is 7.98. The normalized spacial score (nSPS) is 11.2. The summed E-state index contributed by atoms with van der Waals surface area (Å²) in [6.07, 6.45) is 0. The second-order valence-corrected chi connectivity index (χ2v) is 8.64. The van der Waals surface area contributed by atoms with Crippen LogP contribution >= 0.6 is 8.46 Å². The van der Waals surface area contributed by atoms with Gasteiger partial charge in [0.15, 0.2) is 20.0 Å². The zero-order valence-electron chi connectivity index (χ0n) is 19.1. The highest BCUT2D eigenvalue weighted by molar-refractivity contribution is 7.34. The number of benzene rings is 3. The SMILES string of the molecule is O=Pc1cccc(C(=O)c2c(CO)cc(CO)cc2CO)c1C(=O)c1c(CO)cc(CO)cc1CO. The summed E-state index contributed by atoms with van der Waals surface area (Å²) in [6.45, 7) is -3.16. The van der Waals surface area contributed by atoms with Gasteiger partial charge in [-0.3, -0.25) is 14.2 Å². The van der Waals surface area contributed by atoms with Crippen LogP contribution in [0.5, 0.6) is 0 Å². The predicted octanol–water partition coefficient (Wildman–Crippen LogP) is 1.02. The molecule has 0 spiro atoms. The molecule has 3 aromatic rings. The topological polar surface area (TPSA) is 173 Å². The lowest BCUT2D eigenvalue weighted by atomic mass is 9.86. The van der Waals surface area contributed by atoms with Crippen LogP contribution in [0, 0.1) is 0 Å². The van der Waals surface area contributed by atoms with E-state index >= 15 is 0 Å². The van der Waals surface area contributed by atoms with Crippen LogP contribution in [0.4, 0.5) is 0 Å². The number of rotatable bonds is 11. The van der Waals surface area contributed by atoms with Gasteiger partial charge in [0.25, 0.3) is 0 Å². The molecule has 0 amide bonds. The van der Waals surface area contributed by atoms with E-state index in [1.807, 2.05) is 0 Å². The molecule has 0 bridgehead atoms. The summed E-state index contributed by atoms with van der Waals surface area (Å²) >= 11 is 0. The molecular weight excluding hydrogens is 487 g/mol. The lowest BCUT2D eigenvalue weighted by Gasteiger charge is -2.18. The smallest absolute Gasteiger partial charge is 0.195 e. The van der Waals surface area contributed by atoms with Crippen LogP contribution < -0.4 is 5.30 Å². The Labute approximate surface area is 208 Å². The van der Waals surface area contributed by atoms with Crippen molar-refractivity contribution >= 4 is 25.3 Å². The van der Waals surface area contributed by atoms with E-state index in [-0.39, 0.29) is 56.4 Å². The maximum atomic E-state index is 13.8. The quantitative estimate of drug-likeness (QED) is 0.162. The van der Waals surface area contributed by atoms with Crippen LogP contribution in [0.1, 0.15) is 65.2 Å². The standard InChI is InChI=1S/C26H25O9P/c27-8-14-4-16(10-29)22(17(5-14)11-30)25(33)20-2-1-3-21(36-35)24(20)26(34)23-18(12-31)6-15(9-28)7-19(23)13-32/h1-7,27-32H,8-13H2. The molecule has 0 heterocycles. The molecule has 188 valence electrons. The molecular formula is C26H25O9P. The Kier molecular flexibility index (Phi) is 9.31. The zero-order valence-corrected chi connectivity index (χ0v) is 20.0. The zero-order chi connectivity index (χ0) is 26.4. The molecule has 0 unspecified atom stereocenters. The lowest BCUT2D eigenvalue weighted by molar-refractivity contribution is 0.0998. The number of carbonyl (C=O) groups is 2. The number of hydrogen-bond acceptors (Lipinski definition) is 9. The first-order valence-corrected chi connectivity index (χ1v) is 11.7. The van der Waals surface area contributed by atoms with Gasteiger partial charge in [-0.2, -0.15) is 0 Å². The molecule has 0 aliphatic rings. The number of aliphatic hydroxyl groups excluding tert-OH is 6. The van der Waals surface area contributed by atoms with Crippen molar-refractivity contribution in [2.24, 2.45) is 0 Å². The minimum absolute atomic E-state index is 0.0204. The van der Waals surface area contributed by atoms with Gasteiger partial charge in [-0.15, -0.1) is 0 Å². The van der Waals surface area contributed by atoms with E-state index in [0.29, 0.717) is 11.1 Å². The second kappa shape index (κ2) is 12.2. The Morgan fingerprint density at radius 2 is 1.00 bits per heavy atom. The molecule has 0 atom stereocenters. The molecule has 36 heavy (non-hydrogen) atoms. The summed E-state index contributed by atoms with van der Waals surface area (Å²) in [5.41, 5.74) is 0.616. The first kappa shape index (κ1) is 27.4. The largest absolute Gasteiger partial charge is 0.392 e. The fourth-order valence-electron chi connectivity index (χ4n) is 4.25. The summed E-state index contributed by atoms with van der Waals surface area (Å²) < 4.78 is 12.0. The van der Waals surface area contributed by atoms with Gasteiger partial charge in [0.05, 0.1) is 44.9 Å². The third kappa shape index (κ3) is 5.18. The molecule has 10 heteroatoms. The summed E-state index contributed by atoms with van der Waals surface area (Å²) in [4.78, 5) is 27.6. The molecule has 0 saturated carbocycles. The number of aliphatic hydroxyl groups is 6. The van der Waals surface area contributed by atoms with E-state index < -0.39 is 53.1 Å². The molecule has 0 aliphatic carbocycles. The molecule has 0 aromatic heterocycles. The highest BCUT2D eigenvalue weighted by Crippen LogP contribution is 2.28. The Morgan fingerprint density at radius 3 is 1.36 bits per heavy atom. The molecule has 0 fully saturated rings. The van der Waals surface area contributed by atoms with Gasteiger partial charge in [-0.1, -0.05) is 36.4 Å². The third-order valence-corrected chi connectivity index (χ3v) is 6.41. The van der Waals surface area contributed by atoms with Crippen molar-refractivity contribution < 1.29 is 44.8 Å². The first-order valence-electron chi connectivity index (χ1n) is 10.9. The predicted molar refractivity (Wildman–Crippen MR) is 129 cm³/mol. The average molecular weight is 512 g/mol. The molecule has 0 saturated heterocycles. The summed E-state index contributed by atoms with van der Waals surface area (Å²) in [6, 6.07) is 9.76. The highest BCUT2D eigenvalue weighted by atomic mass is 31.1. The third-order valence-electron chi connectivity index (χ3n) is 5.84. The molecule has 6 N–H and O–H groups in total. The van der Waals surface area contributed by atoms with Crippen LogP contribution in [0.15, 0.2) is 42.5 Å². The number of carbonyl (C=O) groups excluding carboxylic acids is 2. The summed E-state index contributed by atoms with van der Waals surface area (Å²) in [5, 5.41) is 58.5. The number of hydrogen-bond donors (Lipinski definition) is 6. The van der Waals surface area contributed by atoms with Crippen molar-refractivity contribution in [3.8, 4) is 0 Å². The summed E-state index contributed by atoms with van der Waals surface area (Å²) in [7, 11) is -0.568. The Bertz CT molecular complexity index is 1270. The summed E-state index contributed by atoms with van der Waals surface area (Å²) in [5.74, 6) is -1.51. The Balaban J connectivity index is 2.31. The van der Waals surface area contributed by atoms with Crippen molar-refractivity contribution in [1.82, 2.24) is 0 Å². The van der Waals surface area contributed by atoms with E-state index in [0.717, 1.165) is 0 Å². The van der Waals surface area contributed by atoms with Crippen LogP contribution in [0.2, 0.25) is 0 Å². The van der Waals surface area contributed by atoms with Gasteiger partial charge in [-0.05, 0) is 39.4 Å². The van der Waals surface area contributed by atoms with E-state index in [9.17, 15) is 44.8 Å². The highest BCUT2D eigenvalue weighted by Gasteiger charge is 2.29. The minimum Gasteiger partial charge on any atom is -0.392 e. The monoisotopic (exact) mass is 512 g/mol. The van der Waals surface area contributed by atoms with Gasteiger partial charge < -0.3 is 30.6 Å². The van der Waals surface area contributed by atoms with Gasteiger partial charge in [0.1, 0.15) is 0 Å². The minimum atomic E-state index is -0.780. The molecule has 3 aromatic carbocycles. The van der Waals surface area contributed by atoms with Gasteiger partial charge >= 0.3 is 0 Å². The Morgan fingerprint density at radius 1 is 0.583 bits per heavy atom. The first-order chi connectivity index (χ1) is 17.4. The fourth-order valence-corrected chi connectivity index (χ4v) is 4.71. The average Bonchev–Trinajstić information content (AvgIpc) is 2.93. The number of ketones is 2. The van der Waals surface area contributed by atoms with Crippen LogP contribution in [-0.2, 0) is 44.2 Å². The molecule has 3 rings (SSSR count). The van der Waals surface area contributed by atoms with Crippen molar-refractivity contribution in [3.05, 3.63) is 98.1 Å². The van der Waals surface area contributed by atoms with Crippen molar-refractivity contribution in [1.29, 1.82) is 0 Å². The van der Waals surface area contributed by atoms with Crippen molar-refractivity contribution in [3.63, 3.8) is 0 Å². The molecule has 0 radical (unpaired) electrons. The van der Waals surface area contributed by atoms with Crippen molar-refractivity contribution in [2.45, 2.75) is 39.6 Å². The van der Waals surface area contributed by atoms with Crippen LogP contribution in [-0.4, -0.2) is 42.2 Å². The maximum absolute atomic E-state index is 13.8. The van der Waals surface area contributed by atoms with Crippen LogP contribution in [0.3, 0.4) is 0 Å². The van der Waals surface area contributed by atoms with E-state index in [1.54, 1.807) is 0 Å².